The van der Waals surface area contributed by atoms with E-state index < -0.39 is 0 Å². The molecule has 0 bridgehead atoms. The first kappa shape index (κ1) is 16.9. The van der Waals surface area contributed by atoms with Crippen molar-refractivity contribution in [1.82, 2.24) is 14.6 Å². The van der Waals surface area contributed by atoms with Crippen LogP contribution in [0.5, 0.6) is 5.88 Å². The molecule has 0 unspecified atom stereocenters. The Hall–Kier alpha value is -2.56. The minimum absolute atomic E-state index is 0.0704. The van der Waals surface area contributed by atoms with E-state index in [1.54, 1.807) is 0 Å². The zero-order valence-corrected chi connectivity index (χ0v) is 15.7. The van der Waals surface area contributed by atoms with Crippen molar-refractivity contribution in [2.24, 2.45) is 0 Å². The lowest BCUT2D eigenvalue weighted by atomic mass is 10.0. The summed E-state index contributed by atoms with van der Waals surface area (Å²) in [6.07, 6.45) is 0. The SMILES string of the molecule is Cc1nc2c(-c3ccc(Cl)cc3)c(-c3ccccc3Cl)nn2c(O)c1C. The molecule has 0 aliphatic carbocycles. The van der Waals surface area contributed by atoms with Gasteiger partial charge in [0.1, 0.15) is 5.69 Å². The minimum atomic E-state index is 0.0704. The van der Waals surface area contributed by atoms with E-state index in [9.17, 15) is 5.11 Å². The van der Waals surface area contributed by atoms with Gasteiger partial charge >= 0.3 is 0 Å². The molecule has 4 nitrogen and oxygen atoms in total. The highest BCUT2D eigenvalue weighted by atomic mass is 35.5. The summed E-state index contributed by atoms with van der Waals surface area (Å²) in [4.78, 5) is 4.68. The van der Waals surface area contributed by atoms with Crippen molar-refractivity contribution in [3.8, 4) is 28.3 Å². The van der Waals surface area contributed by atoms with Gasteiger partial charge in [-0.3, -0.25) is 0 Å². The molecule has 0 aliphatic rings. The fraction of sp³-hybridized carbons (Fsp3) is 0.100. The van der Waals surface area contributed by atoms with Crippen molar-refractivity contribution < 1.29 is 5.11 Å². The lowest BCUT2D eigenvalue weighted by Gasteiger charge is -2.07. The average Bonchev–Trinajstić information content (AvgIpc) is 3.00. The van der Waals surface area contributed by atoms with Crippen molar-refractivity contribution in [2.75, 3.05) is 0 Å². The standard InChI is InChI=1S/C20H15Cl2N3O/c1-11-12(2)23-19-17(13-7-9-14(21)10-8-13)18(24-25(19)20(11)26)15-5-3-4-6-16(15)22/h3-10,26H,1-2H3. The van der Waals surface area contributed by atoms with Crippen LogP contribution >= 0.6 is 23.2 Å². The molecule has 130 valence electrons. The zero-order valence-electron chi connectivity index (χ0n) is 14.2. The maximum absolute atomic E-state index is 10.6. The van der Waals surface area contributed by atoms with Gasteiger partial charge in [-0.05, 0) is 37.6 Å². The van der Waals surface area contributed by atoms with Crippen LogP contribution in [0.3, 0.4) is 0 Å². The Labute approximate surface area is 160 Å². The number of nitrogens with zero attached hydrogens (tertiary/aromatic N) is 3. The predicted molar refractivity (Wildman–Crippen MR) is 105 cm³/mol. The van der Waals surface area contributed by atoms with E-state index in [1.807, 2.05) is 62.4 Å². The Morgan fingerprint density at radius 3 is 2.35 bits per heavy atom. The van der Waals surface area contributed by atoms with Crippen molar-refractivity contribution in [2.45, 2.75) is 13.8 Å². The van der Waals surface area contributed by atoms with E-state index in [-0.39, 0.29) is 5.88 Å². The number of hydrogen-bond acceptors (Lipinski definition) is 3. The summed E-state index contributed by atoms with van der Waals surface area (Å²) < 4.78 is 1.46. The van der Waals surface area contributed by atoms with E-state index in [4.69, 9.17) is 23.2 Å². The van der Waals surface area contributed by atoms with Crippen LogP contribution in [0.4, 0.5) is 0 Å². The Morgan fingerprint density at radius 2 is 1.65 bits per heavy atom. The van der Waals surface area contributed by atoms with Crippen LogP contribution in [0.2, 0.25) is 10.0 Å². The number of fused-ring (bicyclic) bond motifs is 1. The highest BCUT2D eigenvalue weighted by Crippen LogP contribution is 2.39. The summed E-state index contributed by atoms with van der Waals surface area (Å²) in [6, 6.07) is 14.9. The lowest BCUT2D eigenvalue weighted by molar-refractivity contribution is 0.430. The Balaban J connectivity index is 2.14. The second-order valence-corrected chi connectivity index (χ2v) is 6.94. The molecular weight excluding hydrogens is 369 g/mol. The van der Waals surface area contributed by atoms with E-state index >= 15 is 0 Å². The first-order valence-electron chi connectivity index (χ1n) is 8.07. The summed E-state index contributed by atoms with van der Waals surface area (Å²) in [5.74, 6) is 0.0704. The van der Waals surface area contributed by atoms with E-state index in [0.29, 0.717) is 26.9 Å². The first-order valence-corrected chi connectivity index (χ1v) is 8.82. The maximum atomic E-state index is 10.6. The molecule has 0 amide bonds. The number of benzene rings is 2. The molecule has 2 aromatic carbocycles. The van der Waals surface area contributed by atoms with Gasteiger partial charge in [-0.25, -0.2) is 4.98 Å². The average molecular weight is 384 g/mol. The van der Waals surface area contributed by atoms with Gasteiger partial charge < -0.3 is 5.11 Å². The normalized spacial score (nSPS) is 11.2. The Kier molecular flexibility index (Phi) is 4.10. The third-order valence-electron chi connectivity index (χ3n) is 4.48. The Morgan fingerprint density at radius 1 is 0.962 bits per heavy atom. The van der Waals surface area contributed by atoms with E-state index in [0.717, 1.165) is 22.4 Å². The summed E-state index contributed by atoms with van der Waals surface area (Å²) in [5, 5.41) is 16.4. The largest absolute Gasteiger partial charge is 0.493 e. The molecule has 0 saturated carbocycles. The highest BCUT2D eigenvalue weighted by Gasteiger charge is 2.22. The van der Waals surface area contributed by atoms with Gasteiger partial charge in [-0.2, -0.15) is 9.61 Å². The summed E-state index contributed by atoms with van der Waals surface area (Å²) in [6.45, 7) is 3.68. The van der Waals surface area contributed by atoms with Crippen LogP contribution in [0.1, 0.15) is 11.3 Å². The zero-order chi connectivity index (χ0) is 18.4. The molecule has 4 aromatic rings. The van der Waals surface area contributed by atoms with Crippen LogP contribution in [0.25, 0.3) is 28.0 Å². The second kappa shape index (κ2) is 6.31. The molecule has 0 fully saturated rings. The predicted octanol–water partition coefficient (Wildman–Crippen LogP) is 5.69. The third kappa shape index (κ3) is 2.62. The monoisotopic (exact) mass is 383 g/mol. The fourth-order valence-electron chi connectivity index (χ4n) is 2.95. The number of aromatic hydroxyl groups is 1. The van der Waals surface area contributed by atoms with Crippen LogP contribution in [-0.2, 0) is 0 Å². The minimum Gasteiger partial charge on any atom is -0.493 e. The molecular formula is C20H15Cl2N3O. The topological polar surface area (TPSA) is 50.4 Å². The lowest BCUT2D eigenvalue weighted by Crippen LogP contribution is -1.98. The van der Waals surface area contributed by atoms with Gasteiger partial charge in [0.25, 0.3) is 0 Å². The van der Waals surface area contributed by atoms with Crippen molar-refractivity contribution in [3.05, 3.63) is 69.8 Å². The molecule has 0 spiro atoms. The van der Waals surface area contributed by atoms with Crippen LogP contribution in [0.15, 0.2) is 48.5 Å². The van der Waals surface area contributed by atoms with Crippen LogP contribution < -0.4 is 0 Å². The maximum Gasteiger partial charge on any atom is 0.218 e. The van der Waals surface area contributed by atoms with Crippen molar-refractivity contribution >= 4 is 28.8 Å². The van der Waals surface area contributed by atoms with Crippen LogP contribution in [0, 0.1) is 13.8 Å². The van der Waals surface area contributed by atoms with Crippen molar-refractivity contribution in [3.63, 3.8) is 0 Å². The molecule has 2 aromatic heterocycles. The third-order valence-corrected chi connectivity index (χ3v) is 5.06. The first-order chi connectivity index (χ1) is 12.5. The molecule has 0 saturated heterocycles. The van der Waals surface area contributed by atoms with E-state index in [2.05, 4.69) is 10.1 Å². The molecule has 0 atom stereocenters. The summed E-state index contributed by atoms with van der Waals surface area (Å²) >= 11 is 12.5. The molecule has 1 N–H and O–H groups in total. The number of rotatable bonds is 2. The number of aromatic nitrogens is 3. The van der Waals surface area contributed by atoms with Gasteiger partial charge in [0.15, 0.2) is 5.65 Å². The number of halogens is 2. The van der Waals surface area contributed by atoms with Crippen LogP contribution in [-0.4, -0.2) is 19.7 Å². The van der Waals surface area contributed by atoms with Crippen molar-refractivity contribution in [1.29, 1.82) is 0 Å². The number of hydrogen-bond donors (Lipinski definition) is 1. The highest BCUT2D eigenvalue weighted by molar-refractivity contribution is 6.33. The molecule has 6 heteroatoms. The van der Waals surface area contributed by atoms with Gasteiger partial charge in [0.05, 0.1) is 10.6 Å². The molecule has 0 aliphatic heterocycles. The van der Waals surface area contributed by atoms with Gasteiger partial charge in [0, 0.05) is 21.8 Å². The summed E-state index contributed by atoms with van der Waals surface area (Å²) in [5.41, 5.74) is 5.14. The van der Waals surface area contributed by atoms with Gasteiger partial charge in [-0.15, -0.1) is 0 Å². The molecule has 26 heavy (non-hydrogen) atoms. The number of aryl methyl sites for hydroxylation is 1. The smallest absolute Gasteiger partial charge is 0.218 e. The Bertz CT molecular complexity index is 1130. The van der Waals surface area contributed by atoms with Gasteiger partial charge in [-0.1, -0.05) is 53.5 Å². The fourth-order valence-corrected chi connectivity index (χ4v) is 3.30. The van der Waals surface area contributed by atoms with E-state index in [1.165, 1.54) is 4.52 Å². The second-order valence-electron chi connectivity index (χ2n) is 6.09. The summed E-state index contributed by atoms with van der Waals surface area (Å²) in [7, 11) is 0. The molecule has 0 radical (unpaired) electrons. The van der Waals surface area contributed by atoms with Gasteiger partial charge in [0.2, 0.25) is 5.88 Å². The quantitative estimate of drug-likeness (QED) is 0.483. The molecule has 2 heterocycles. The molecule has 4 rings (SSSR count).